The molecule has 266 valence electrons. The van der Waals surface area contributed by atoms with Gasteiger partial charge in [0.25, 0.3) is 0 Å². The monoisotopic (exact) mass is 689 g/mol. The van der Waals surface area contributed by atoms with Gasteiger partial charge in [0.15, 0.2) is 5.82 Å². The van der Waals surface area contributed by atoms with Crippen molar-refractivity contribution in [1.82, 2.24) is 25.3 Å². The maximum absolute atomic E-state index is 14.7. The number of rotatable bonds is 11. The molecule has 0 aliphatic carbocycles. The quantitative estimate of drug-likeness (QED) is 0.144. The summed E-state index contributed by atoms with van der Waals surface area (Å²) in [7, 11) is 3.33. The zero-order chi connectivity index (χ0) is 36.9. The molecule has 1 aromatic heterocycles. The molecule has 10 nitrogen and oxygen atoms in total. The van der Waals surface area contributed by atoms with Crippen LogP contribution < -0.4 is 5.32 Å². The van der Waals surface area contributed by atoms with E-state index in [9.17, 15) is 14.4 Å². The second-order valence-electron chi connectivity index (χ2n) is 14.6. The van der Waals surface area contributed by atoms with Crippen LogP contribution in [0.1, 0.15) is 63.5 Å². The Balaban J connectivity index is 1.45. The summed E-state index contributed by atoms with van der Waals surface area (Å²) >= 11 is 0. The molecule has 1 N–H and O–H groups in total. The molecule has 0 aliphatic heterocycles. The molecule has 0 fully saturated rings. The Kier molecular flexibility index (Phi) is 10.9. The van der Waals surface area contributed by atoms with Gasteiger partial charge in [0, 0.05) is 33.0 Å². The molecular weight excluding hydrogens is 642 g/mol. The van der Waals surface area contributed by atoms with Crippen LogP contribution >= 0.6 is 0 Å². The summed E-state index contributed by atoms with van der Waals surface area (Å²) in [6, 6.07) is 26.9. The fourth-order valence-corrected chi connectivity index (χ4v) is 5.95. The van der Waals surface area contributed by atoms with E-state index in [1.165, 1.54) is 11.0 Å². The number of aryl methyl sites for hydroxylation is 1. The smallest absolute Gasteiger partial charge is 0.408 e. The molecule has 3 amide bonds. The second kappa shape index (κ2) is 15.2. The van der Waals surface area contributed by atoms with Crippen LogP contribution in [0.2, 0.25) is 0 Å². The molecule has 1 heterocycles. The van der Waals surface area contributed by atoms with Crippen LogP contribution in [0.5, 0.6) is 0 Å². The highest BCUT2D eigenvalue weighted by molar-refractivity contribution is 5.93. The highest BCUT2D eigenvalue weighted by Gasteiger charge is 2.35. The van der Waals surface area contributed by atoms with E-state index in [2.05, 4.69) is 39.7 Å². The molecule has 0 saturated heterocycles. The third kappa shape index (κ3) is 9.60. The van der Waals surface area contributed by atoms with Gasteiger partial charge in [-0.15, -0.1) is 0 Å². The fraction of sp³-hybridized carbons (Fsp3) is 0.341. The van der Waals surface area contributed by atoms with E-state index in [-0.39, 0.29) is 12.3 Å². The molecule has 0 saturated carbocycles. The number of nitrogens with zero attached hydrogens (tertiary/aromatic N) is 4. The van der Waals surface area contributed by atoms with Crippen molar-refractivity contribution in [2.45, 2.75) is 77.6 Å². The molecule has 0 bridgehead atoms. The van der Waals surface area contributed by atoms with Crippen LogP contribution in [-0.4, -0.2) is 69.1 Å². The van der Waals surface area contributed by atoms with Crippen LogP contribution in [0.4, 0.5) is 4.79 Å². The van der Waals surface area contributed by atoms with Gasteiger partial charge in [-0.05, 0) is 74.2 Å². The molecule has 1 unspecified atom stereocenters. The minimum Gasteiger partial charge on any atom is -0.444 e. The number of fused-ring (bicyclic) bond motifs is 2. The molecule has 10 heteroatoms. The SMILES string of the molecule is Cc1noc([C@@H](Cc2ccc3ccccc3c2)N(C)C(=O)C(Cc2ccc3ccccc3c2)N(C)C(=O)C=CC(C)(C)NC(=O)OC(C)(C)C)n1. The lowest BCUT2D eigenvalue weighted by molar-refractivity contribution is -0.143. The number of carbonyl (C=O) groups excluding carboxylic acids is 3. The zero-order valence-corrected chi connectivity index (χ0v) is 30.6. The van der Waals surface area contributed by atoms with E-state index in [1.54, 1.807) is 66.6 Å². The van der Waals surface area contributed by atoms with Gasteiger partial charge in [-0.1, -0.05) is 96.2 Å². The van der Waals surface area contributed by atoms with Crippen molar-refractivity contribution < 1.29 is 23.6 Å². The summed E-state index contributed by atoms with van der Waals surface area (Å²) < 4.78 is 11.1. The van der Waals surface area contributed by atoms with Crippen LogP contribution in [0.15, 0.2) is 102 Å². The largest absolute Gasteiger partial charge is 0.444 e. The summed E-state index contributed by atoms with van der Waals surface area (Å²) in [6.07, 6.45) is 3.05. The van der Waals surface area contributed by atoms with Crippen LogP contribution in [0, 0.1) is 6.92 Å². The van der Waals surface area contributed by atoms with E-state index in [1.807, 2.05) is 60.7 Å². The Morgan fingerprint density at radius 2 is 1.35 bits per heavy atom. The van der Waals surface area contributed by atoms with Crippen molar-refractivity contribution in [1.29, 1.82) is 0 Å². The predicted octanol–water partition coefficient (Wildman–Crippen LogP) is 7.36. The van der Waals surface area contributed by atoms with Gasteiger partial charge in [0.1, 0.15) is 17.7 Å². The first-order chi connectivity index (χ1) is 24.1. The summed E-state index contributed by atoms with van der Waals surface area (Å²) in [4.78, 5) is 48.6. The summed E-state index contributed by atoms with van der Waals surface area (Å²) in [5.74, 6) is 0.0772. The number of ether oxygens (including phenoxy) is 1. The number of alkyl carbamates (subject to hydrolysis) is 1. The number of nitrogens with one attached hydrogen (secondary N) is 1. The first kappa shape index (κ1) is 36.8. The fourth-order valence-electron chi connectivity index (χ4n) is 5.95. The first-order valence-corrected chi connectivity index (χ1v) is 17.1. The molecule has 5 aromatic rings. The molecule has 0 spiro atoms. The van der Waals surface area contributed by atoms with Crippen molar-refractivity contribution in [3.63, 3.8) is 0 Å². The number of benzene rings is 4. The Morgan fingerprint density at radius 3 is 1.88 bits per heavy atom. The highest BCUT2D eigenvalue weighted by atomic mass is 16.6. The summed E-state index contributed by atoms with van der Waals surface area (Å²) in [5.41, 5.74) is 0.311. The van der Waals surface area contributed by atoms with Crippen molar-refractivity contribution in [2.24, 2.45) is 0 Å². The Labute approximate surface area is 299 Å². The molecule has 4 aromatic carbocycles. The van der Waals surface area contributed by atoms with Crippen molar-refractivity contribution >= 4 is 39.5 Å². The normalized spacial score (nSPS) is 13.3. The lowest BCUT2D eigenvalue weighted by atomic mass is 9.97. The molecule has 5 rings (SSSR count). The Bertz CT molecular complexity index is 2060. The van der Waals surface area contributed by atoms with E-state index in [4.69, 9.17) is 9.26 Å². The van der Waals surface area contributed by atoms with Gasteiger partial charge in [-0.2, -0.15) is 4.98 Å². The van der Waals surface area contributed by atoms with Gasteiger partial charge < -0.3 is 24.4 Å². The maximum atomic E-state index is 14.7. The van der Waals surface area contributed by atoms with Gasteiger partial charge in [0.2, 0.25) is 17.7 Å². The third-order valence-electron chi connectivity index (χ3n) is 8.70. The summed E-state index contributed by atoms with van der Waals surface area (Å²) in [6.45, 7) is 10.6. The first-order valence-electron chi connectivity index (χ1n) is 17.1. The van der Waals surface area contributed by atoms with Crippen LogP contribution in [-0.2, 0) is 27.2 Å². The topological polar surface area (TPSA) is 118 Å². The predicted molar refractivity (Wildman–Crippen MR) is 199 cm³/mol. The van der Waals surface area contributed by atoms with Gasteiger partial charge >= 0.3 is 6.09 Å². The van der Waals surface area contributed by atoms with Crippen LogP contribution in [0.3, 0.4) is 0 Å². The Hall–Kier alpha value is -5.51. The average molecular weight is 690 g/mol. The minimum atomic E-state index is -0.908. The van der Waals surface area contributed by atoms with Gasteiger partial charge in [0.05, 0.1) is 5.54 Å². The van der Waals surface area contributed by atoms with E-state index >= 15 is 0 Å². The average Bonchev–Trinajstić information content (AvgIpc) is 3.52. The van der Waals surface area contributed by atoms with E-state index in [0.717, 1.165) is 32.7 Å². The number of aromatic nitrogens is 2. The molecule has 0 radical (unpaired) electrons. The second-order valence-corrected chi connectivity index (χ2v) is 14.6. The number of hydrogen-bond acceptors (Lipinski definition) is 7. The van der Waals surface area contributed by atoms with Crippen molar-refractivity contribution in [3.05, 3.63) is 120 Å². The van der Waals surface area contributed by atoms with Crippen molar-refractivity contribution in [2.75, 3.05) is 14.1 Å². The van der Waals surface area contributed by atoms with Gasteiger partial charge in [-0.25, -0.2) is 4.79 Å². The van der Waals surface area contributed by atoms with Crippen LogP contribution in [0.25, 0.3) is 21.5 Å². The number of amides is 3. The number of hydrogen-bond donors (Lipinski definition) is 1. The molecule has 51 heavy (non-hydrogen) atoms. The zero-order valence-electron chi connectivity index (χ0n) is 30.6. The summed E-state index contributed by atoms with van der Waals surface area (Å²) in [5, 5.41) is 11.1. The molecule has 0 aliphatic rings. The number of likely N-dealkylation sites (N-methyl/N-ethyl adjacent to an activating group) is 2. The minimum absolute atomic E-state index is 0.259. The van der Waals surface area contributed by atoms with Gasteiger partial charge in [-0.3, -0.25) is 9.59 Å². The lowest BCUT2D eigenvalue weighted by Gasteiger charge is -2.34. The Morgan fingerprint density at radius 1 is 0.804 bits per heavy atom. The van der Waals surface area contributed by atoms with E-state index in [0.29, 0.717) is 18.1 Å². The maximum Gasteiger partial charge on any atom is 0.408 e. The standard InChI is InChI=1S/C41H47N5O5/c1-27-42-37(51-44-27)34(25-28-17-19-30-13-9-11-15-32(30)23-28)46(8)38(48)35(26-29-18-20-31-14-10-12-16-33(31)24-29)45(7)36(47)21-22-41(5,6)43-39(49)50-40(2,3)4/h9-24,34-35H,25-26H2,1-8H3,(H,43,49)/t34-,35?/m1/s1. The molecule has 2 atom stereocenters. The molecular formula is C41H47N5O5. The number of carbonyl (C=O) groups is 3. The van der Waals surface area contributed by atoms with E-state index < -0.39 is 35.2 Å². The van der Waals surface area contributed by atoms with Crippen molar-refractivity contribution in [3.8, 4) is 0 Å². The third-order valence-corrected chi connectivity index (χ3v) is 8.70. The highest BCUT2D eigenvalue weighted by Crippen LogP contribution is 2.28. The lowest BCUT2D eigenvalue weighted by Crippen LogP contribution is -2.50.